The van der Waals surface area contributed by atoms with Crippen molar-refractivity contribution in [2.24, 2.45) is 5.14 Å². The number of rotatable bonds is 5. The minimum atomic E-state index is -4.48. The molecule has 3 N–H and O–H groups in total. The summed E-state index contributed by atoms with van der Waals surface area (Å²) in [4.78, 5) is 11.1. The van der Waals surface area contributed by atoms with E-state index >= 15 is 0 Å². The van der Waals surface area contributed by atoms with Crippen LogP contribution in [0.1, 0.15) is 10.4 Å². The molecule has 0 saturated heterocycles. The fourth-order valence-corrected chi connectivity index (χ4v) is 4.68. The van der Waals surface area contributed by atoms with Crippen LogP contribution in [0.5, 0.6) is 5.75 Å². The number of amides is 1. The summed E-state index contributed by atoms with van der Waals surface area (Å²) in [5.74, 6) is -0.838. The van der Waals surface area contributed by atoms with Gasteiger partial charge in [0.2, 0.25) is 10.0 Å². The van der Waals surface area contributed by atoms with Gasteiger partial charge in [0.05, 0.1) is 12.7 Å². The number of nitrogens with two attached hydrogens (primary N) is 1. The van der Waals surface area contributed by atoms with Crippen LogP contribution in [-0.2, 0) is 20.0 Å². The molecule has 11 heteroatoms. The third-order valence-corrected chi connectivity index (χ3v) is 6.06. The van der Waals surface area contributed by atoms with Gasteiger partial charge in [-0.25, -0.2) is 26.7 Å². The van der Waals surface area contributed by atoms with Gasteiger partial charge >= 0.3 is 0 Å². The monoisotopic (exact) mass is 448 g/mol. The average Bonchev–Trinajstić information content (AvgIpc) is 2.53. The van der Waals surface area contributed by atoms with Gasteiger partial charge in [0.1, 0.15) is 15.5 Å². The molecule has 2 aromatic carbocycles. The maximum absolute atomic E-state index is 12.4. The molecule has 0 bridgehead atoms. The first-order valence-electron chi connectivity index (χ1n) is 6.59. The molecular weight excluding hydrogens is 436 g/mol. The Bertz CT molecular complexity index is 1040. The lowest BCUT2D eigenvalue weighted by Crippen LogP contribution is -2.32. The van der Waals surface area contributed by atoms with Gasteiger partial charge in [-0.1, -0.05) is 28.1 Å². The molecule has 0 radical (unpaired) electrons. The van der Waals surface area contributed by atoms with Crippen LogP contribution in [0, 0.1) is 0 Å². The normalized spacial score (nSPS) is 11.8. The van der Waals surface area contributed by atoms with Crippen molar-refractivity contribution >= 4 is 41.9 Å². The van der Waals surface area contributed by atoms with E-state index < -0.39 is 35.7 Å². The van der Waals surface area contributed by atoms with Crippen molar-refractivity contribution < 1.29 is 26.4 Å². The summed E-state index contributed by atoms with van der Waals surface area (Å²) in [6, 6.07) is 9.08. The fraction of sp³-hybridized carbons (Fsp3) is 0.0714. The van der Waals surface area contributed by atoms with E-state index in [0.717, 1.165) is 12.1 Å². The molecule has 8 nitrogen and oxygen atoms in total. The Labute approximate surface area is 153 Å². The fourth-order valence-electron chi connectivity index (χ4n) is 1.99. The van der Waals surface area contributed by atoms with Crippen LogP contribution in [0.15, 0.2) is 56.7 Å². The predicted molar refractivity (Wildman–Crippen MR) is 93.2 cm³/mol. The van der Waals surface area contributed by atoms with E-state index in [-0.39, 0.29) is 11.3 Å². The molecule has 2 aromatic rings. The summed E-state index contributed by atoms with van der Waals surface area (Å²) >= 11 is 3.21. The highest BCUT2D eigenvalue weighted by atomic mass is 79.9. The summed E-state index contributed by atoms with van der Waals surface area (Å²) in [7, 11) is -7.46. The Kier molecular flexibility index (Phi) is 5.52. The second-order valence-corrected chi connectivity index (χ2v) is 8.87. The second kappa shape index (κ2) is 7.12. The molecule has 0 fully saturated rings. The van der Waals surface area contributed by atoms with Gasteiger partial charge in [-0.05, 0) is 30.3 Å². The smallest absolute Gasteiger partial charge is 0.268 e. The van der Waals surface area contributed by atoms with Crippen molar-refractivity contribution in [1.82, 2.24) is 4.72 Å². The van der Waals surface area contributed by atoms with Gasteiger partial charge in [0.15, 0.2) is 0 Å². The first-order valence-corrected chi connectivity index (χ1v) is 10.4. The zero-order valence-corrected chi connectivity index (χ0v) is 16.0. The number of hydrogen-bond acceptors (Lipinski definition) is 6. The Balaban J connectivity index is 2.46. The zero-order valence-electron chi connectivity index (χ0n) is 12.8. The summed E-state index contributed by atoms with van der Waals surface area (Å²) < 4.78 is 55.5. The van der Waals surface area contributed by atoms with Gasteiger partial charge in [-0.15, -0.1) is 0 Å². The summed E-state index contributed by atoms with van der Waals surface area (Å²) in [6.45, 7) is 0. The van der Waals surface area contributed by atoms with Crippen LogP contribution in [0.2, 0.25) is 0 Å². The highest BCUT2D eigenvalue weighted by Gasteiger charge is 2.27. The van der Waals surface area contributed by atoms with Crippen molar-refractivity contribution in [2.45, 2.75) is 9.79 Å². The minimum Gasteiger partial charge on any atom is -0.496 e. The standard InChI is InChI=1S/C14H13BrN2O6S2/c1-23-11-8-9(15)6-7-10(11)14(18)17-25(21,22)13-5-3-2-4-12(13)24(16,19)20/h2-8H,1H3,(H,17,18)(H2,16,19,20). The number of halogens is 1. The molecule has 0 heterocycles. The largest absolute Gasteiger partial charge is 0.496 e. The molecule has 0 atom stereocenters. The van der Waals surface area contributed by atoms with E-state index in [1.165, 1.54) is 37.4 Å². The third kappa shape index (κ3) is 4.37. The number of methoxy groups -OCH3 is 1. The number of carbonyl (C=O) groups excluding carboxylic acids is 1. The molecule has 1 amide bonds. The van der Waals surface area contributed by atoms with Crippen molar-refractivity contribution in [3.63, 3.8) is 0 Å². The summed E-state index contributed by atoms with van der Waals surface area (Å²) in [5, 5.41) is 5.03. The van der Waals surface area contributed by atoms with Crippen LogP contribution in [0.3, 0.4) is 0 Å². The number of benzene rings is 2. The van der Waals surface area contributed by atoms with Crippen LogP contribution in [0.4, 0.5) is 0 Å². The van der Waals surface area contributed by atoms with Crippen molar-refractivity contribution in [3.05, 3.63) is 52.5 Å². The molecule has 0 aliphatic heterocycles. The molecule has 2 rings (SSSR count). The van der Waals surface area contributed by atoms with Gasteiger partial charge in [0.25, 0.3) is 15.9 Å². The maximum Gasteiger partial charge on any atom is 0.268 e. The Morgan fingerprint density at radius 1 is 1.08 bits per heavy atom. The highest BCUT2D eigenvalue weighted by molar-refractivity contribution is 9.10. The van der Waals surface area contributed by atoms with E-state index in [4.69, 9.17) is 9.88 Å². The van der Waals surface area contributed by atoms with E-state index in [1.807, 2.05) is 4.72 Å². The van der Waals surface area contributed by atoms with E-state index in [2.05, 4.69) is 15.9 Å². The van der Waals surface area contributed by atoms with Crippen molar-refractivity contribution in [1.29, 1.82) is 0 Å². The number of carbonyl (C=O) groups is 1. The molecule has 134 valence electrons. The molecule has 0 saturated carbocycles. The van der Waals surface area contributed by atoms with E-state index in [1.54, 1.807) is 0 Å². The van der Waals surface area contributed by atoms with Crippen LogP contribution < -0.4 is 14.6 Å². The molecular formula is C14H13BrN2O6S2. The topological polar surface area (TPSA) is 133 Å². The average molecular weight is 449 g/mol. The number of hydrogen-bond donors (Lipinski definition) is 2. The molecule has 0 unspecified atom stereocenters. The van der Waals surface area contributed by atoms with E-state index in [0.29, 0.717) is 4.47 Å². The first-order chi connectivity index (χ1) is 11.6. The number of nitrogens with one attached hydrogen (secondary N) is 1. The number of primary sulfonamides is 1. The molecule has 0 aliphatic carbocycles. The molecule has 0 spiro atoms. The number of sulfonamides is 2. The summed E-state index contributed by atoms with van der Waals surface area (Å²) in [6.07, 6.45) is 0. The van der Waals surface area contributed by atoms with Gasteiger partial charge in [-0.2, -0.15) is 0 Å². The van der Waals surface area contributed by atoms with Gasteiger partial charge in [-0.3, -0.25) is 4.79 Å². The molecule has 0 aliphatic rings. The predicted octanol–water partition coefficient (Wildman–Crippen LogP) is 1.22. The Morgan fingerprint density at radius 2 is 1.68 bits per heavy atom. The second-order valence-electron chi connectivity index (χ2n) is 4.77. The Hall–Kier alpha value is -1.95. The third-order valence-electron chi connectivity index (χ3n) is 3.08. The molecule has 25 heavy (non-hydrogen) atoms. The van der Waals surface area contributed by atoms with Crippen molar-refractivity contribution in [2.75, 3.05) is 7.11 Å². The van der Waals surface area contributed by atoms with Gasteiger partial charge in [0, 0.05) is 4.47 Å². The quantitative estimate of drug-likeness (QED) is 0.706. The van der Waals surface area contributed by atoms with Gasteiger partial charge < -0.3 is 4.74 Å². The minimum absolute atomic E-state index is 0.0395. The molecule has 0 aromatic heterocycles. The lowest BCUT2D eigenvalue weighted by atomic mass is 10.2. The summed E-state index contributed by atoms with van der Waals surface area (Å²) in [5.41, 5.74) is -0.0395. The van der Waals surface area contributed by atoms with Crippen LogP contribution in [-0.4, -0.2) is 29.9 Å². The Morgan fingerprint density at radius 3 is 2.24 bits per heavy atom. The van der Waals surface area contributed by atoms with E-state index in [9.17, 15) is 21.6 Å². The maximum atomic E-state index is 12.4. The SMILES string of the molecule is COc1cc(Br)ccc1C(=O)NS(=O)(=O)c1ccccc1S(N)(=O)=O. The lowest BCUT2D eigenvalue weighted by Gasteiger charge is -2.12. The first kappa shape index (κ1) is 19.4. The zero-order chi connectivity index (χ0) is 18.8. The highest BCUT2D eigenvalue weighted by Crippen LogP contribution is 2.25. The lowest BCUT2D eigenvalue weighted by molar-refractivity contribution is 0.0978. The van der Waals surface area contributed by atoms with Crippen molar-refractivity contribution in [3.8, 4) is 5.75 Å². The van der Waals surface area contributed by atoms with Crippen LogP contribution in [0.25, 0.3) is 0 Å². The van der Waals surface area contributed by atoms with Crippen LogP contribution >= 0.6 is 15.9 Å². The number of ether oxygens (including phenoxy) is 1.